The van der Waals surface area contributed by atoms with Crippen LogP contribution in [0.25, 0.3) is 0 Å². The van der Waals surface area contributed by atoms with Gasteiger partial charge in [-0.1, -0.05) is 12.1 Å². The third kappa shape index (κ3) is 5.48. The first-order valence-electron chi connectivity index (χ1n) is 9.55. The van der Waals surface area contributed by atoms with Gasteiger partial charge in [-0.3, -0.25) is 4.79 Å². The van der Waals surface area contributed by atoms with Crippen LogP contribution in [0.1, 0.15) is 31.8 Å². The third-order valence-corrected chi connectivity index (χ3v) is 4.43. The molecule has 0 atom stereocenters. The van der Waals surface area contributed by atoms with E-state index in [0.29, 0.717) is 16.9 Å². The first-order valence-corrected chi connectivity index (χ1v) is 9.55. The highest BCUT2D eigenvalue weighted by Gasteiger charge is 2.14. The summed E-state index contributed by atoms with van der Waals surface area (Å²) in [4.78, 5) is 24.6. The molecule has 0 aliphatic carbocycles. The quantitative estimate of drug-likeness (QED) is 0.260. The van der Waals surface area contributed by atoms with Gasteiger partial charge in [0.25, 0.3) is 5.91 Å². The maximum Gasteiger partial charge on any atom is 0.343 e. The van der Waals surface area contributed by atoms with Gasteiger partial charge >= 0.3 is 5.97 Å². The lowest BCUT2D eigenvalue weighted by Gasteiger charge is -2.10. The number of hydrogen-bond donors (Lipinski definition) is 1. The fourth-order valence-electron chi connectivity index (χ4n) is 2.83. The summed E-state index contributed by atoms with van der Waals surface area (Å²) in [6.07, 6.45) is 1.42. The summed E-state index contributed by atoms with van der Waals surface area (Å²) in [6.45, 7) is 1.90. The minimum atomic E-state index is -0.719. The number of carbonyl (C=O) groups excluding carboxylic acids is 2. The second kappa shape index (κ2) is 10.2. The fraction of sp³-hybridized carbons (Fsp3) is 0.125. The smallest absolute Gasteiger partial charge is 0.343 e. The number of ether oxygens (including phenoxy) is 3. The lowest BCUT2D eigenvalue weighted by atomic mass is 10.1. The minimum absolute atomic E-state index is 0.0759. The first kappa shape index (κ1) is 22.5. The lowest BCUT2D eigenvalue weighted by molar-refractivity contribution is 0.0729. The number of carbonyl (C=O) groups is 2. The molecule has 0 saturated carbocycles. The molecular weight excluding hydrogens is 415 g/mol. The Morgan fingerprint density at radius 3 is 2.44 bits per heavy atom. The SMILES string of the molecule is COc1cc(C=NNC(=O)c2ccc(C)cc2OC)ccc1OC(=O)c1cccc(F)c1. The highest BCUT2D eigenvalue weighted by Crippen LogP contribution is 2.28. The average Bonchev–Trinajstić information content (AvgIpc) is 2.79. The van der Waals surface area contributed by atoms with Crippen molar-refractivity contribution in [1.82, 2.24) is 5.43 Å². The number of aryl methyl sites for hydroxylation is 1. The van der Waals surface area contributed by atoms with Crippen LogP contribution in [0.5, 0.6) is 17.2 Å². The van der Waals surface area contributed by atoms with Crippen LogP contribution in [0, 0.1) is 12.7 Å². The molecule has 0 aliphatic rings. The van der Waals surface area contributed by atoms with Crippen molar-refractivity contribution in [2.75, 3.05) is 14.2 Å². The summed E-state index contributed by atoms with van der Waals surface area (Å²) < 4.78 is 29.1. The molecule has 0 spiro atoms. The molecule has 0 aromatic heterocycles. The molecule has 0 saturated heterocycles. The molecule has 3 rings (SSSR count). The Balaban J connectivity index is 1.70. The van der Waals surface area contributed by atoms with E-state index in [4.69, 9.17) is 14.2 Å². The summed E-state index contributed by atoms with van der Waals surface area (Å²) in [7, 11) is 2.91. The van der Waals surface area contributed by atoms with Crippen LogP contribution in [-0.2, 0) is 0 Å². The molecule has 1 amide bonds. The summed E-state index contributed by atoms with van der Waals surface area (Å²) in [5, 5.41) is 3.95. The molecule has 0 fully saturated rings. The standard InChI is InChI=1S/C24H21FN2O5/c1-15-7-9-19(21(11-15)30-2)23(28)27-26-14-16-8-10-20(22(12-16)31-3)32-24(29)17-5-4-6-18(25)13-17/h4-14H,1-3H3,(H,27,28). The molecule has 1 N–H and O–H groups in total. The molecule has 32 heavy (non-hydrogen) atoms. The van der Waals surface area contributed by atoms with Gasteiger partial charge in [0.1, 0.15) is 11.6 Å². The number of benzene rings is 3. The van der Waals surface area contributed by atoms with E-state index in [0.717, 1.165) is 11.6 Å². The third-order valence-electron chi connectivity index (χ3n) is 4.43. The monoisotopic (exact) mass is 436 g/mol. The van der Waals surface area contributed by atoms with Crippen LogP contribution in [0.4, 0.5) is 4.39 Å². The van der Waals surface area contributed by atoms with Crippen molar-refractivity contribution in [2.24, 2.45) is 5.10 Å². The molecule has 7 nitrogen and oxygen atoms in total. The van der Waals surface area contributed by atoms with E-state index in [-0.39, 0.29) is 17.1 Å². The molecule has 0 radical (unpaired) electrons. The van der Waals surface area contributed by atoms with Gasteiger partial charge < -0.3 is 14.2 Å². The fourth-order valence-corrected chi connectivity index (χ4v) is 2.83. The summed E-state index contributed by atoms with van der Waals surface area (Å²) in [5.74, 6) is -0.807. The average molecular weight is 436 g/mol. The van der Waals surface area contributed by atoms with E-state index in [1.165, 1.54) is 44.7 Å². The summed E-state index contributed by atoms with van der Waals surface area (Å²) >= 11 is 0. The molecule has 0 heterocycles. The minimum Gasteiger partial charge on any atom is -0.496 e. The Labute approximate surface area is 184 Å². The molecule has 3 aromatic carbocycles. The van der Waals surface area contributed by atoms with Crippen LogP contribution < -0.4 is 19.6 Å². The second-order valence-electron chi connectivity index (χ2n) is 6.71. The molecular formula is C24H21FN2O5. The zero-order valence-electron chi connectivity index (χ0n) is 17.7. The van der Waals surface area contributed by atoms with Crippen molar-refractivity contribution >= 4 is 18.1 Å². The summed E-state index contributed by atoms with van der Waals surface area (Å²) in [6, 6.07) is 15.1. The highest BCUT2D eigenvalue weighted by molar-refractivity contribution is 5.97. The Hall–Kier alpha value is -4.20. The number of rotatable bonds is 7. The number of hydrazone groups is 1. The Morgan fingerprint density at radius 2 is 1.72 bits per heavy atom. The van der Waals surface area contributed by atoms with E-state index in [1.807, 2.05) is 6.92 Å². The van der Waals surface area contributed by atoms with Gasteiger partial charge in [-0.2, -0.15) is 5.10 Å². The molecule has 164 valence electrons. The zero-order valence-corrected chi connectivity index (χ0v) is 17.7. The predicted octanol–water partition coefficient (Wildman–Crippen LogP) is 4.13. The van der Waals surface area contributed by atoms with Gasteiger partial charge in [-0.25, -0.2) is 14.6 Å². The first-order chi connectivity index (χ1) is 15.4. The van der Waals surface area contributed by atoms with Crippen LogP contribution in [0.3, 0.4) is 0 Å². The van der Waals surface area contributed by atoms with E-state index >= 15 is 0 Å². The molecule has 0 unspecified atom stereocenters. The van der Waals surface area contributed by atoms with E-state index in [1.54, 1.807) is 30.3 Å². The number of hydrogen-bond acceptors (Lipinski definition) is 6. The summed E-state index contributed by atoms with van der Waals surface area (Å²) in [5.41, 5.74) is 4.42. The Bertz CT molecular complexity index is 1180. The normalized spacial score (nSPS) is 10.6. The van der Waals surface area contributed by atoms with Crippen molar-refractivity contribution in [3.05, 3.63) is 88.7 Å². The number of nitrogens with zero attached hydrogens (tertiary/aromatic N) is 1. The van der Waals surface area contributed by atoms with Crippen molar-refractivity contribution in [1.29, 1.82) is 0 Å². The van der Waals surface area contributed by atoms with Crippen LogP contribution >= 0.6 is 0 Å². The van der Waals surface area contributed by atoms with Gasteiger partial charge in [-0.15, -0.1) is 0 Å². The number of halogens is 1. The van der Waals surface area contributed by atoms with Gasteiger partial charge in [0.15, 0.2) is 11.5 Å². The van der Waals surface area contributed by atoms with Crippen molar-refractivity contribution in [3.8, 4) is 17.2 Å². The lowest BCUT2D eigenvalue weighted by Crippen LogP contribution is -2.18. The van der Waals surface area contributed by atoms with Crippen molar-refractivity contribution < 1.29 is 28.2 Å². The molecule has 8 heteroatoms. The number of esters is 1. The Kier molecular flexibility index (Phi) is 7.17. The van der Waals surface area contributed by atoms with E-state index < -0.39 is 17.7 Å². The highest BCUT2D eigenvalue weighted by atomic mass is 19.1. The molecule has 0 bridgehead atoms. The number of methoxy groups -OCH3 is 2. The van der Waals surface area contributed by atoms with Crippen molar-refractivity contribution in [2.45, 2.75) is 6.92 Å². The topological polar surface area (TPSA) is 86.2 Å². The Morgan fingerprint density at radius 1 is 0.938 bits per heavy atom. The van der Waals surface area contributed by atoms with E-state index in [2.05, 4.69) is 10.5 Å². The van der Waals surface area contributed by atoms with Crippen LogP contribution in [-0.4, -0.2) is 32.3 Å². The predicted molar refractivity (Wildman–Crippen MR) is 117 cm³/mol. The maximum atomic E-state index is 13.3. The maximum absolute atomic E-state index is 13.3. The van der Waals surface area contributed by atoms with Crippen LogP contribution in [0.2, 0.25) is 0 Å². The molecule has 3 aromatic rings. The largest absolute Gasteiger partial charge is 0.496 e. The van der Waals surface area contributed by atoms with E-state index in [9.17, 15) is 14.0 Å². The number of amides is 1. The van der Waals surface area contributed by atoms with Gasteiger partial charge in [-0.05, 0) is 66.6 Å². The second-order valence-corrected chi connectivity index (χ2v) is 6.71. The molecule has 0 aliphatic heterocycles. The van der Waals surface area contributed by atoms with Crippen LogP contribution in [0.15, 0.2) is 65.8 Å². The van der Waals surface area contributed by atoms with Crippen molar-refractivity contribution in [3.63, 3.8) is 0 Å². The zero-order chi connectivity index (χ0) is 23.1. The van der Waals surface area contributed by atoms with Gasteiger partial charge in [0.05, 0.1) is 31.6 Å². The van der Waals surface area contributed by atoms with Gasteiger partial charge in [0.2, 0.25) is 0 Å². The number of nitrogens with one attached hydrogen (secondary N) is 1. The van der Waals surface area contributed by atoms with Gasteiger partial charge in [0, 0.05) is 0 Å².